The van der Waals surface area contributed by atoms with Gasteiger partial charge in [0.15, 0.2) is 0 Å². The predicted octanol–water partition coefficient (Wildman–Crippen LogP) is 1.70. The third-order valence-corrected chi connectivity index (χ3v) is 2.57. The number of hydrogen-bond acceptors (Lipinski definition) is 2. The highest BCUT2D eigenvalue weighted by Crippen LogP contribution is 2.09. The highest BCUT2D eigenvalue weighted by atomic mass is 35.5. The topological polar surface area (TPSA) is 46.9 Å². The quantitative estimate of drug-likeness (QED) is 0.866. The van der Waals surface area contributed by atoms with Crippen molar-refractivity contribution in [2.24, 2.45) is 0 Å². The molecule has 0 aliphatic heterocycles. The van der Waals surface area contributed by atoms with Crippen molar-refractivity contribution < 1.29 is 4.79 Å². The zero-order valence-corrected chi connectivity index (χ0v) is 10.9. The lowest BCUT2D eigenvalue weighted by Crippen LogP contribution is -2.25. The Morgan fingerprint density at radius 2 is 2.32 bits per heavy atom. The lowest BCUT2D eigenvalue weighted by atomic mass is 10.2. The van der Waals surface area contributed by atoms with Gasteiger partial charge in [-0.3, -0.25) is 9.48 Å². The molecule has 1 N–H and O–H groups in total. The lowest BCUT2D eigenvalue weighted by Gasteiger charge is -2.00. The van der Waals surface area contributed by atoms with Crippen LogP contribution in [0.3, 0.4) is 0 Å². The number of nitrogens with zero attached hydrogens (tertiary/aromatic N) is 2. The van der Waals surface area contributed by atoms with Gasteiger partial charge < -0.3 is 5.32 Å². The number of benzene rings is 1. The molecule has 4 nitrogen and oxygen atoms in total. The van der Waals surface area contributed by atoms with E-state index >= 15 is 0 Å². The van der Waals surface area contributed by atoms with Crippen molar-refractivity contribution >= 4 is 17.5 Å². The fourth-order valence-corrected chi connectivity index (χ4v) is 1.65. The molecule has 0 unspecified atom stereocenters. The van der Waals surface area contributed by atoms with Crippen molar-refractivity contribution in [3.63, 3.8) is 0 Å². The molecule has 5 heteroatoms. The molecule has 0 aliphatic carbocycles. The lowest BCUT2D eigenvalue weighted by molar-refractivity contribution is -0.115. The molecule has 1 aromatic heterocycles. The van der Waals surface area contributed by atoms with E-state index < -0.39 is 0 Å². The van der Waals surface area contributed by atoms with Gasteiger partial charge >= 0.3 is 0 Å². The fraction of sp³-hybridized carbons (Fsp3) is 0.143. The Balaban J connectivity index is 1.81. The number of rotatable bonds is 3. The summed E-state index contributed by atoms with van der Waals surface area (Å²) in [5.74, 6) is 4.97. The zero-order chi connectivity index (χ0) is 13.5. The van der Waals surface area contributed by atoms with Crippen molar-refractivity contribution in [2.45, 2.75) is 6.54 Å². The van der Waals surface area contributed by atoms with Gasteiger partial charge in [-0.25, -0.2) is 0 Å². The van der Waals surface area contributed by atoms with Crippen LogP contribution in [0.1, 0.15) is 5.56 Å². The third-order valence-electron chi connectivity index (χ3n) is 2.33. The summed E-state index contributed by atoms with van der Waals surface area (Å²) >= 11 is 5.82. The molecule has 0 bridgehead atoms. The van der Waals surface area contributed by atoms with Crippen molar-refractivity contribution in [3.8, 4) is 11.8 Å². The largest absolute Gasteiger partial charge is 0.343 e. The smallest absolute Gasteiger partial charge is 0.296 e. The number of hydrogen-bond donors (Lipinski definition) is 1. The van der Waals surface area contributed by atoms with Crippen molar-refractivity contribution in [2.75, 3.05) is 6.54 Å². The molecule has 1 heterocycles. The van der Waals surface area contributed by atoms with Crippen LogP contribution in [0.2, 0.25) is 5.02 Å². The summed E-state index contributed by atoms with van der Waals surface area (Å²) in [5.41, 5.74) is 0.717. The molecular weight excluding hydrogens is 262 g/mol. The monoisotopic (exact) mass is 273 g/mol. The van der Waals surface area contributed by atoms with Crippen LogP contribution < -0.4 is 5.32 Å². The number of aromatic nitrogens is 2. The van der Waals surface area contributed by atoms with Crippen LogP contribution in [0.5, 0.6) is 0 Å². The van der Waals surface area contributed by atoms with Gasteiger partial charge in [-0.05, 0) is 24.3 Å². The maximum Gasteiger partial charge on any atom is 0.296 e. The Morgan fingerprint density at radius 1 is 1.42 bits per heavy atom. The first kappa shape index (κ1) is 13.2. The molecule has 0 radical (unpaired) electrons. The van der Waals surface area contributed by atoms with E-state index in [2.05, 4.69) is 22.3 Å². The highest BCUT2D eigenvalue weighted by molar-refractivity contribution is 6.30. The van der Waals surface area contributed by atoms with Crippen LogP contribution in [0.25, 0.3) is 0 Å². The number of amides is 1. The van der Waals surface area contributed by atoms with E-state index in [0.717, 1.165) is 5.56 Å². The van der Waals surface area contributed by atoms with Crippen LogP contribution >= 0.6 is 11.6 Å². The third kappa shape index (κ3) is 4.49. The van der Waals surface area contributed by atoms with E-state index in [0.29, 0.717) is 18.1 Å². The summed E-state index contributed by atoms with van der Waals surface area (Å²) in [5, 5.41) is 7.33. The normalized spacial score (nSPS) is 9.53. The first-order chi connectivity index (χ1) is 9.24. The van der Waals surface area contributed by atoms with Crippen LogP contribution in [0.15, 0.2) is 42.7 Å². The molecule has 96 valence electrons. The van der Waals surface area contributed by atoms with Crippen LogP contribution in [0.4, 0.5) is 0 Å². The van der Waals surface area contributed by atoms with Gasteiger partial charge in [0.25, 0.3) is 5.91 Å². The summed E-state index contributed by atoms with van der Waals surface area (Å²) in [4.78, 5) is 11.5. The summed E-state index contributed by atoms with van der Waals surface area (Å²) in [7, 11) is 0. The summed E-state index contributed by atoms with van der Waals surface area (Å²) in [6.07, 6.45) is 3.53. The van der Waals surface area contributed by atoms with Crippen molar-refractivity contribution in [3.05, 3.63) is 53.3 Å². The molecule has 2 aromatic rings. The molecule has 0 spiro atoms. The first-order valence-corrected chi connectivity index (χ1v) is 6.15. The second kappa shape index (κ2) is 6.62. The van der Waals surface area contributed by atoms with Crippen LogP contribution in [0, 0.1) is 11.8 Å². The van der Waals surface area contributed by atoms with Crippen LogP contribution in [-0.2, 0) is 11.3 Å². The molecule has 1 aromatic carbocycles. The van der Waals surface area contributed by atoms with Gasteiger partial charge in [0, 0.05) is 35.4 Å². The Labute approximate surface area is 116 Å². The number of carbonyl (C=O) groups is 1. The molecule has 0 saturated heterocycles. The second-order valence-corrected chi connectivity index (χ2v) is 4.22. The number of carbonyl (C=O) groups excluding carboxylic acids is 1. The van der Waals surface area contributed by atoms with Gasteiger partial charge in [0.05, 0.1) is 6.54 Å². The molecule has 1 amide bonds. The minimum absolute atomic E-state index is 0.313. The minimum Gasteiger partial charge on any atom is -0.343 e. The van der Waals surface area contributed by atoms with E-state index in [-0.39, 0.29) is 5.91 Å². The Hall–Kier alpha value is -2.25. The van der Waals surface area contributed by atoms with E-state index in [9.17, 15) is 4.79 Å². The number of nitrogens with one attached hydrogen (secondary N) is 1. The SMILES string of the molecule is O=C(C#Cc1cccc(Cl)c1)NCCn1cccn1. The number of halogens is 1. The van der Waals surface area contributed by atoms with E-state index in [1.807, 2.05) is 12.3 Å². The van der Waals surface area contributed by atoms with Crippen molar-refractivity contribution in [1.29, 1.82) is 0 Å². The maximum atomic E-state index is 11.5. The molecule has 2 rings (SSSR count). The van der Waals surface area contributed by atoms with E-state index in [1.165, 1.54) is 0 Å². The molecule has 0 saturated carbocycles. The maximum absolute atomic E-state index is 11.5. The summed E-state index contributed by atoms with van der Waals surface area (Å²) in [6.45, 7) is 1.11. The fourth-order valence-electron chi connectivity index (χ4n) is 1.46. The van der Waals surface area contributed by atoms with Gasteiger partial charge in [-0.2, -0.15) is 5.10 Å². The predicted molar refractivity (Wildman–Crippen MR) is 73.6 cm³/mol. The van der Waals surface area contributed by atoms with Gasteiger partial charge in [0.1, 0.15) is 0 Å². The van der Waals surface area contributed by atoms with E-state index in [4.69, 9.17) is 11.6 Å². The minimum atomic E-state index is -0.313. The van der Waals surface area contributed by atoms with Gasteiger partial charge in [0.2, 0.25) is 0 Å². The van der Waals surface area contributed by atoms with Crippen LogP contribution in [-0.4, -0.2) is 22.2 Å². The molecule has 19 heavy (non-hydrogen) atoms. The standard InChI is InChI=1S/C14H12ClN3O/c15-13-4-1-3-12(11-13)5-6-14(19)16-8-10-18-9-2-7-17-18/h1-4,7,9,11H,8,10H2,(H,16,19). The Kier molecular flexibility index (Phi) is 4.60. The van der Waals surface area contributed by atoms with Gasteiger partial charge in [-0.15, -0.1) is 0 Å². The average molecular weight is 274 g/mol. The van der Waals surface area contributed by atoms with Crippen molar-refractivity contribution in [1.82, 2.24) is 15.1 Å². The summed E-state index contributed by atoms with van der Waals surface area (Å²) in [6, 6.07) is 8.90. The molecule has 0 fully saturated rings. The summed E-state index contributed by atoms with van der Waals surface area (Å²) < 4.78 is 1.74. The molecule has 0 atom stereocenters. The highest BCUT2D eigenvalue weighted by Gasteiger charge is 1.96. The Morgan fingerprint density at radius 3 is 3.05 bits per heavy atom. The molecule has 0 aliphatic rings. The van der Waals surface area contributed by atoms with E-state index in [1.54, 1.807) is 35.1 Å². The van der Waals surface area contributed by atoms with Gasteiger partial charge in [-0.1, -0.05) is 23.6 Å². The average Bonchev–Trinajstić information content (AvgIpc) is 2.90. The molecular formula is C14H12ClN3O. The first-order valence-electron chi connectivity index (χ1n) is 5.77. The zero-order valence-electron chi connectivity index (χ0n) is 10.1. The second-order valence-electron chi connectivity index (χ2n) is 3.79. The Bertz CT molecular complexity index is 611.